The van der Waals surface area contributed by atoms with Gasteiger partial charge in [-0.05, 0) is 44.4 Å². The molecule has 2 fully saturated rings. The summed E-state index contributed by atoms with van der Waals surface area (Å²) >= 11 is 0. The van der Waals surface area contributed by atoms with E-state index in [9.17, 15) is 0 Å². The summed E-state index contributed by atoms with van der Waals surface area (Å²) in [6, 6.07) is 0. The summed E-state index contributed by atoms with van der Waals surface area (Å²) in [5.74, 6) is 0.945. The van der Waals surface area contributed by atoms with Crippen LogP contribution in [0.4, 0.5) is 0 Å². The number of nitrogens with zero attached hydrogens (tertiary/aromatic N) is 1. The van der Waals surface area contributed by atoms with Gasteiger partial charge in [-0.2, -0.15) is 5.10 Å². The predicted molar refractivity (Wildman–Crippen MR) is 46.6 cm³/mol. The molecule has 0 atom stereocenters. The van der Waals surface area contributed by atoms with E-state index in [4.69, 9.17) is 0 Å². The molecular formula is C9H16N2. The Bertz CT molecular complexity index is 151. The van der Waals surface area contributed by atoms with Crippen LogP contribution in [0.5, 0.6) is 0 Å². The van der Waals surface area contributed by atoms with Crippen molar-refractivity contribution in [3.63, 3.8) is 0 Å². The number of hydrazone groups is 1. The molecule has 0 saturated heterocycles. The highest BCUT2D eigenvalue weighted by Gasteiger charge is 2.20. The third-order valence-corrected chi connectivity index (χ3v) is 2.49. The molecule has 0 radical (unpaired) electrons. The number of hydrogen-bond acceptors (Lipinski definition) is 2. The molecule has 1 N–H and O–H groups in total. The van der Waals surface area contributed by atoms with E-state index in [1.807, 2.05) is 0 Å². The van der Waals surface area contributed by atoms with Crippen LogP contribution in [0.15, 0.2) is 5.10 Å². The first-order chi connectivity index (χ1) is 5.45. The molecular weight excluding hydrogens is 136 g/mol. The summed E-state index contributed by atoms with van der Waals surface area (Å²) in [6.07, 6.45) is 8.00. The standard InChI is InChI=1S/C9H16N2/c1-2-4-9(3-1)11-10-7-8-5-6-8/h8,10H,1-7H2. The van der Waals surface area contributed by atoms with Crippen LogP contribution in [0.3, 0.4) is 0 Å². The molecule has 0 amide bonds. The second-order valence-corrected chi connectivity index (χ2v) is 3.69. The van der Waals surface area contributed by atoms with E-state index >= 15 is 0 Å². The summed E-state index contributed by atoms with van der Waals surface area (Å²) in [7, 11) is 0. The van der Waals surface area contributed by atoms with Crippen molar-refractivity contribution in [3.05, 3.63) is 0 Å². The lowest BCUT2D eigenvalue weighted by Gasteiger charge is -1.98. The van der Waals surface area contributed by atoms with Crippen molar-refractivity contribution in [3.8, 4) is 0 Å². The van der Waals surface area contributed by atoms with Crippen molar-refractivity contribution >= 4 is 5.71 Å². The summed E-state index contributed by atoms with van der Waals surface area (Å²) in [5, 5.41) is 4.37. The Hall–Kier alpha value is -0.530. The summed E-state index contributed by atoms with van der Waals surface area (Å²) in [6.45, 7) is 1.11. The first kappa shape index (κ1) is 7.14. The number of nitrogens with one attached hydrogen (secondary N) is 1. The highest BCUT2D eigenvalue weighted by atomic mass is 15.3. The first-order valence-corrected chi connectivity index (χ1v) is 4.73. The average molecular weight is 152 g/mol. The molecule has 0 heterocycles. The van der Waals surface area contributed by atoms with Gasteiger partial charge in [0.25, 0.3) is 0 Å². The lowest BCUT2D eigenvalue weighted by molar-refractivity contribution is 0.669. The maximum absolute atomic E-state index is 4.37. The van der Waals surface area contributed by atoms with E-state index in [1.54, 1.807) is 0 Å². The predicted octanol–water partition coefficient (Wildman–Crippen LogP) is 1.92. The zero-order valence-electron chi connectivity index (χ0n) is 6.97. The van der Waals surface area contributed by atoms with Crippen molar-refractivity contribution in [2.75, 3.05) is 6.54 Å². The molecule has 2 saturated carbocycles. The normalized spacial score (nSPS) is 23.8. The van der Waals surface area contributed by atoms with E-state index in [0.29, 0.717) is 0 Å². The van der Waals surface area contributed by atoms with E-state index in [-0.39, 0.29) is 0 Å². The number of rotatable bonds is 3. The monoisotopic (exact) mass is 152 g/mol. The molecule has 0 aromatic heterocycles. The van der Waals surface area contributed by atoms with Crippen molar-refractivity contribution in [1.29, 1.82) is 0 Å². The maximum atomic E-state index is 4.37. The molecule has 0 bridgehead atoms. The largest absolute Gasteiger partial charge is 0.310 e. The molecule has 11 heavy (non-hydrogen) atoms. The average Bonchev–Trinajstić information content (AvgIpc) is 2.66. The summed E-state index contributed by atoms with van der Waals surface area (Å²) < 4.78 is 0. The smallest absolute Gasteiger partial charge is 0.0378 e. The van der Waals surface area contributed by atoms with E-state index in [2.05, 4.69) is 10.5 Å². The molecule has 0 aromatic carbocycles. The van der Waals surface area contributed by atoms with E-state index < -0.39 is 0 Å². The highest BCUT2D eigenvalue weighted by molar-refractivity contribution is 5.85. The van der Waals surface area contributed by atoms with Gasteiger partial charge in [-0.25, -0.2) is 0 Å². The third-order valence-electron chi connectivity index (χ3n) is 2.49. The molecule has 2 nitrogen and oxygen atoms in total. The second kappa shape index (κ2) is 3.24. The Kier molecular flexibility index (Phi) is 2.11. The summed E-state index contributed by atoms with van der Waals surface area (Å²) in [5.41, 5.74) is 4.57. The van der Waals surface area contributed by atoms with Crippen LogP contribution >= 0.6 is 0 Å². The highest BCUT2D eigenvalue weighted by Crippen LogP contribution is 2.27. The fourth-order valence-corrected chi connectivity index (χ4v) is 1.50. The van der Waals surface area contributed by atoms with Gasteiger partial charge in [0, 0.05) is 12.3 Å². The third kappa shape index (κ3) is 2.21. The fraction of sp³-hybridized carbons (Fsp3) is 0.889. The zero-order valence-corrected chi connectivity index (χ0v) is 6.97. The Morgan fingerprint density at radius 1 is 1.27 bits per heavy atom. The molecule has 0 unspecified atom stereocenters. The van der Waals surface area contributed by atoms with Crippen LogP contribution in [-0.4, -0.2) is 12.3 Å². The zero-order chi connectivity index (χ0) is 7.52. The Morgan fingerprint density at radius 2 is 2.00 bits per heavy atom. The molecule has 2 heteroatoms. The first-order valence-electron chi connectivity index (χ1n) is 4.73. The van der Waals surface area contributed by atoms with Gasteiger partial charge in [0.1, 0.15) is 0 Å². The van der Waals surface area contributed by atoms with Crippen molar-refractivity contribution in [2.45, 2.75) is 38.5 Å². The quantitative estimate of drug-likeness (QED) is 0.614. The van der Waals surface area contributed by atoms with E-state index in [1.165, 1.54) is 44.2 Å². The van der Waals surface area contributed by atoms with Crippen LogP contribution in [0.25, 0.3) is 0 Å². The Morgan fingerprint density at radius 3 is 2.64 bits per heavy atom. The molecule has 0 spiro atoms. The molecule has 2 rings (SSSR count). The molecule has 2 aliphatic carbocycles. The van der Waals surface area contributed by atoms with Gasteiger partial charge in [0.2, 0.25) is 0 Å². The lowest BCUT2D eigenvalue weighted by Crippen LogP contribution is -2.11. The van der Waals surface area contributed by atoms with Gasteiger partial charge in [0.15, 0.2) is 0 Å². The van der Waals surface area contributed by atoms with Crippen LogP contribution in [0.1, 0.15) is 38.5 Å². The minimum Gasteiger partial charge on any atom is -0.310 e. The van der Waals surface area contributed by atoms with Crippen molar-refractivity contribution in [1.82, 2.24) is 5.43 Å². The Balaban J connectivity index is 1.65. The molecule has 62 valence electrons. The van der Waals surface area contributed by atoms with Crippen molar-refractivity contribution in [2.24, 2.45) is 11.0 Å². The van der Waals surface area contributed by atoms with Gasteiger partial charge in [-0.3, -0.25) is 0 Å². The van der Waals surface area contributed by atoms with Gasteiger partial charge in [-0.1, -0.05) is 0 Å². The van der Waals surface area contributed by atoms with E-state index in [0.717, 1.165) is 12.5 Å². The second-order valence-electron chi connectivity index (χ2n) is 3.69. The minimum absolute atomic E-state index is 0.945. The van der Waals surface area contributed by atoms with Gasteiger partial charge in [-0.15, -0.1) is 0 Å². The molecule has 2 aliphatic rings. The number of hydrogen-bond donors (Lipinski definition) is 1. The lowest BCUT2D eigenvalue weighted by atomic mass is 10.3. The van der Waals surface area contributed by atoms with Gasteiger partial charge in [0.05, 0.1) is 0 Å². The van der Waals surface area contributed by atoms with Crippen LogP contribution in [0.2, 0.25) is 0 Å². The molecule has 0 aromatic rings. The SMILES string of the molecule is C1CCC(=NNCC2CC2)C1. The summed E-state index contributed by atoms with van der Waals surface area (Å²) in [4.78, 5) is 0. The van der Waals surface area contributed by atoms with Crippen molar-refractivity contribution < 1.29 is 0 Å². The fourth-order valence-electron chi connectivity index (χ4n) is 1.50. The van der Waals surface area contributed by atoms with Crippen LogP contribution in [0, 0.1) is 5.92 Å². The van der Waals surface area contributed by atoms with Crippen LogP contribution in [-0.2, 0) is 0 Å². The Labute approximate surface area is 68.1 Å². The van der Waals surface area contributed by atoms with Crippen LogP contribution < -0.4 is 5.43 Å². The van der Waals surface area contributed by atoms with Gasteiger partial charge < -0.3 is 5.43 Å². The van der Waals surface area contributed by atoms with Gasteiger partial charge >= 0.3 is 0 Å². The minimum atomic E-state index is 0.945. The maximum Gasteiger partial charge on any atom is 0.0378 e. The topological polar surface area (TPSA) is 24.4 Å². The molecule has 0 aliphatic heterocycles.